The molecule has 1 amide bonds. The van der Waals surface area contributed by atoms with Crippen molar-refractivity contribution in [3.05, 3.63) is 41.9 Å². The molecule has 3 rings (SSSR count). The topological polar surface area (TPSA) is 90.1 Å². The Morgan fingerprint density at radius 1 is 1.43 bits per heavy atom. The van der Waals surface area contributed by atoms with Crippen molar-refractivity contribution in [2.45, 2.75) is 0 Å². The van der Waals surface area contributed by atoms with Crippen molar-refractivity contribution in [3.63, 3.8) is 0 Å². The first-order chi connectivity index (χ1) is 10.3. The van der Waals surface area contributed by atoms with Crippen molar-refractivity contribution in [3.8, 4) is 17.3 Å². The van der Waals surface area contributed by atoms with E-state index >= 15 is 0 Å². The minimum atomic E-state index is -0.379. The van der Waals surface area contributed by atoms with Gasteiger partial charge in [-0.15, -0.1) is 11.3 Å². The molecule has 0 aliphatic carbocycles. The second-order valence-electron chi connectivity index (χ2n) is 3.91. The van der Waals surface area contributed by atoms with Gasteiger partial charge in [0.2, 0.25) is 5.88 Å². The van der Waals surface area contributed by atoms with Crippen LogP contribution in [0.3, 0.4) is 0 Å². The number of methoxy groups -OCH3 is 1. The van der Waals surface area contributed by atoms with E-state index in [4.69, 9.17) is 9.15 Å². The van der Waals surface area contributed by atoms with Crippen LogP contribution >= 0.6 is 11.3 Å². The first-order valence-electron chi connectivity index (χ1n) is 5.93. The fraction of sp³-hybridized carbons (Fsp3) is 0.0769. The molecule has 0 fully saturated rings. The van der Waals surface area contributed by atoms with E-state index in [2.05, 4.69) is 20.3 Å². The van der Waals surface area contributed by atoms with Gasteiger partial charge in [0, 0.05) is 11.4 Å². The van der Waals surface area contributed by atoms with Crippen LogP contribution in [0, 0.1) is 0 Å². The van der Waals surface area contributed by atoms with Crippen molar-refractivity contribution in [2.24, 2.45) is 0 Å². The molecule has 0 aliphatic heterocycles. The van der Waals surface area contributed by atoms with Crippen LogP contribution in [-0.4, -0.2) is 28.0 Å². The lowest BCUT2D eigenvalue weighted by molar-refractivity contribution is 0.102. The van der Waals surface area contributed by atoms with Gasteiger partial charge in [0.15, 0.2) is 10.9 Å². The summed E-state index contributed by atoms with van der Waals surface area (Å²) in [7, 11) is 1.47. The second-order valence-corrected chi connectivity index (χ2v) is 4.77. The summed E-state index contributed by atoms with van der Waals surface area (Å²) in [5.74, 6) is 0.595. The Morgan fingerprint density at radius 2 is 2.33 bits per heavy atom. The van der Waals surface area contributed by atoms with Crippen LogP contribution in [-0.2, 0) is 0 Å². The second kappa shape index (κ2) is 5.71. The number of anilines is 1. The molecule has 7 nitrogen and oxygen atoms in total. The number of nitrogens with one attached hydrogen (secondary N) is 1. The lowest BCUT2D eigenvalue weighted by Crippen LogP contribution is -2.13. The molecule has 8 heteroatoms. The monoisotopic (exact) mass is 302 g/mol. The molecule has 0 aromatic carbocycles. The molecule has 0 saturated heterocycles. The molecule has 0 radical (unpaired) electrons. The molecule has 3 aromatic heterocycles. The minimum absolute atomic E-state index is 0.205. The summed E-state index contributed by atoms with van der Waals surface area (Å²) in [5.41, 5.74) is 0.872. The Morgan fingerprint density at radius 3 is 3.10 bits per heavy atom. The quantitative estimate of drug-likeness (QED) is 0.796. The Labute approximate surface area is 123 Å². The molecule has 0 spiro atoms. The molecule has 1 N–H and O–H groups in total. The molecule has 0 bridgehead atoms. The van der Waals surface area contributed by atoms with E-state index in [1.807, 2.05) is 0 Å². The highest BCUT2D eigenvalue weighted by atomic mass is 32.1. The first kappa shape index (κ1) is 13.3. The van der Waals surface area contributed by atoms with E-state index in [1.165, 1.54) is 30.8 Å². The summed E-state index contributed by atoms with van der Waals surface area (Å²) >= 11 is 1.30. The van der Waals surface area contributed by atoms with Crippen molar-refractivity contribution >= 4 is 22.4 Å². The lowest BCUT2D eigenvalue weighted by Gasteiger charge is -2.02. The molecule has 0 saturated carbocycles. The number of hydrogen-bond acceptors (Lipinski definition) is 7. The SMILES string of the molecule is COc1cc(C(=O)Nc2nc(-c3ccco3)cs2)ncn1. The van der Waals surface area contributed by atoms with Gasteiger partial charge in [-0.3, -0.25) is 10.1 Å². The van der Waals surface area contributed by atoms with Crippen molar-refractivity contribution in [2.75, 3.05) is 12.4 Å². The van der Waals surface area contributed by atoms with Gasteiger partial charge in [0.25, 0.3) is 5.91 Å². The zero-order chi connectivity index (χ0) is 14.7. The lowest BCUT2D eigenvalue weighted by atomic mass is 10.4. The molecule has 3 heterocycles. The van der Waals surface area contributed by atoms with Gasteiger partial charge in [0.1, 0.15) is 17.7 Å². The maximum atomic E-state index is 12.1. The number of carbonyl (C=O) groups excluding carboxylic acids is 1. The Balaban J connectivity index is 1.75. The van der Waals surface area contributed by atoms with E-state index in [0.717, 1.165) is 0 Å². The van der Waals surface area contributed by atoms with E-state index in [-0.39, 0.29) is 11.6 Å². The summed E-state index contributed by atoms with van der Waals surface area (Å²) in [6.45, 7) is 0. The summed E-state index contributed by atoms with van der Waals surface area (Å²) in [6, 6.07) is 5.03. The highest BCUT2D eigenvalue weighted by Gasteiger charge is 2.13. The highest BCUT2D eigenvalue weighted by molar-refractivity contribution is 7.14. The molecule has 0 atom stereocenters. The van der Waals surface area contributed by atoms with Crippen molar-refractivity contribution in [1.29, 1.82) is 0 Å². The minimum Gasteiger partial charge on any atom is -0.481 e. The predicted octanol–water partition coefficient (Wildman–Crippen LogP) is 2.45. The normalized spacial score (nSPS) is 10.3. The van der Waals surface area contributed by atoms with Gasteiger partial charge in [-0.2, -0.15) is 0 Å². The third-order valence-corrected chi connectivity index (χ3v) is 3.34. The molecular formula is C13H10N4O3S. The number of ether oxygens (including phenoxy) is 1. The van der Waals surface area contributed by atoms with Crippen LogP contribution in [0.2, 0.25) is 0 Å². The number of furan rings is 1. The smallest absolute Gasteiger partial charge is 0.276 e. The van der Waals surface area contributed by atoms with Gasteiger partial charge in [-0.1, -0.05) is 0 Å². The van der Waals surface area contributed by atoms with Gasteiger partial charge in [0.05, 0.1) is 13.4 Å². The molecule has 3 aromatic rings. The maximum Gasteiger partial charge on any atom is 0.276 e. The highest BCUT2D eigenvalue weighted by Crippen LogP contribution is 2.25. The molecule has 106 valence electrons. The van der Waals surface area contributed by atoms with Crippen LogP contribution in [0.4, 0.5) is 5.13 Å². The van der Waals surface area contributed by atoms with Crippen LogP contribution in [0.25, 0.3) is 11.5 Å². The average molecular weight is 302 g/mol. The van der Waals surface area contributed by atoms with E-state index < -0.39 is 0 Å². The predicted molar refractivity (Wildman–Crippen MR) is 76.4 cm³/mol. The molecular weight excluding hydrogens is 292 g/mol. The zero-order valence-electron chi connectivity index (χ0n) is 10.9. The number of thiazole rings is 1. The van der Waals surface area contributed by atoms with Crippen LogP contribution in [0.5, 0.6) is 5.88 Å². The number of nitrogens with zero attached hydrogens (tertiary/aromatic N) is 3. The number of amides is 1. The number of carbonyl (C=O) groups is 1. The third kappa shape index (κ3) is 2.90. The Hall–Kier alpha value is -2.74. The van der Waals surface area contributed by atoms with Gasteiger partial charge in [-0.25, -0.2) is 15.0 Å². The van der Waals surface area contributed by atoms with Crippen LogP contribution in [0.15, 0.2) is 40.6 Å². The summed E-state index contributed by atoms with van der Waals surface area (Å²) in [6.07, 6.45) is 2.84. The van der Waals surface area contributed by atoms with E-state index in [1.54, 1.807) is 23.8 Å². The standard InChI is InChI=1S/C13H10N4O3S/c1-19-11-5-8(14-7-15-11)12(18)17-13-16-9(6-21-13)10-3-2-4-20-10/h2-7H,1H3,(H,16,17,18). The van der Waals surface area contributed by atoms with Crippen molar-refractivity contribution in [1.82, 2.24) is 15.0 Å². The first-order valence-corrected chi connectivity index (χ1v) is 6.81. The largest absolute Gasteiger partial charge is 0.481 e. The zero-order valence-corrected chi connectivity index (χ0v) is 11.8. The van der Waals surface area contributed by atoms with Gasteiger partial charge >= 0.3 is 0 Å². The number of aromatic nitrogens is 3. The fourth-order valence-corrected chi connectivity index (χ4v) is 2.30. The third-order valence-electron chi connectivity index (χ3n) is 2.58. The molecule has 21 heavy (non-hydrogen) atoms. The number of hydrogen-bond donors (Lipinski definition) is 1. The van der Waals surface area contributed by atoms with Gasteiger partial charge < -0.3 is 9.15 Å². The van der Waals surface area contributed by atoms with Crippen LogP contribution < -0.4 is 10.1 Å². The van der Waals surface area contributed by atoms with E-state index in [9.17, 15) is 4.79 Å². The Bertz CT molecular complexity index is 754. The maximum absolute atomic E-state index is 12.1. The fourth-order valence-electron chi connectivity index (χ4n) is 1.61. The average Bonchev–Trinajstić information content (AvgIpc) is 3.18. The number of rotatable bonds is 4. The molecule has 0 unspecified atom stereocenters. The molecule has 0 aliphatic rings. The van der Waals surface area contributed by atoms with Crippen molar-refractivity contribution < 1.29 is 13.9 Å². The summed E-state index contributed by atoms with van der Waals surface area (Å²) in [4.78, 5) is 24.1. The van der Waals surface area contributed by atoms with E-state index in [0.29, 0.717) is 22.5 Å². The van der Waals surface area contributed by atoms with Gasteiger partial charge in [-0.05, 0) is 12.1 Å². The summed E-state index contributed by atoms with van der Waals surface area (Å²) < 4.78 is 10.2. The Kier molecular flexibility index (Phi) is 3.61. The summed E-state index contributed by atoms with van der Waals surface area (Å²) in [5, 5.41) is 4.94. The van der Waals surface area contributed by atoms with Crippen LogP contribution in [0.1, 0.15) is 10.5 Å².